The summed E-state index contributed by atoms with van der Waals surface area (Å²) in [6.07, 6.45) is 0. The fourth-order valence-electron chi connectivity index (χ4n) is 2.27. The number of carbonyl (C=O) groups is 2. The molecular formula is C19H18N4O4. The van der Waals surface area contributed by atoms with E-state index in [4.69, 9.17) is 9.26 Å². The van der Waals surface area contributed by atoms with Gasteiger partial charge in [-0.25, -0.2) is 0 Å². The molecule has 3 rings (SSSR count). The number of benzene rings is 2. The summed E-state index contributed by atoms with van der Waals surface area (Å²) in [6, 6.07) is 15.8. The lowest BCUT2D eigenvalue weighted by Crippen LogP contribution is -2.36. The summed E-state index contributed by atoms with van der Waals surface area (Å²) in [5.41, 5.74) is 1.24. The molecule has 0 aliphatic heterocycles. The molecule has 2 N–H and O–H groups in total. The van der Waals surface area contributed by atoms with E-state index < -0.39 is 0 Å². The summed E-state index contributed by atoms with van der Waals surface area (Å²) in [5.74, 6) is 0.744. The third-order valence-electron chi connectivity index (χ3n) is 3.69. The van der Waals surface area contributed by atoms with Crippen LogP contribution in [0.3, 0.4) is 0 Å². The van der Waals surface area contributed by atoms with Crippen molar-refractivity contribution in [1.29, 1.82) is 0 Å². The molecule has 2 aromatic carbocycles. The predicted octanol–water partition coefficient (Wildman–Crippen LogP) is 1.79. The van der Waals surface area contributed by atoms with Crippen LogP contribution in [0.2, 0.25) is 0 Å². The van der Waals surface area contributed by atoms with E-state index in [2.05, 4.69) is 20.8 Å². The Kier molecular flexibility index (Phi) is 5.78. The Labute approximate surface area is 155 Å². The van der Waals surface area contributed by atoms with Crippen molar-refractivity contribution in [3.63, 3.8) is 0 Å². The number of hydrogen-bond acceptors (Lipinski definition) is 6. The summed E-state index contributed by atoms with van der Waals surface area (Å²) >= 11 is 0. The Morgan fingerprint density at radius 3 is 2.48 bits per heavy atom. The molecule has 1 heterocycles. The maximum atomic E-state index is 11.9. The SMILES string of the molecule is COc1ccc(-c2nc(CNC(=O)CNC(=O)c3ccccc3)no2)cc1. The van der Waals surface area contributed by atoms with Gasteiger partial charge in [0.1, 0.15) is 5.75 Å². The smallest absolute Gasteiger partial charge is 0.257 e. The summed E-state index contributed by atoms with van der Waals surface area (Å²) in [4.78, 5) is 28.0. The van der Waals surface area contributed by atoms with Gasteiger partial charge in [-0.15, -0.1) is 0 Å². The summed E-state index contributed by atoms with van der Waals surface area (Å²) in [5, 5.41) is 9.01. The van der Waals surface area contributed by atoms with Crippen LogP contribution in [0.5, 0.6) is 5.75 Å². The van der Waals surface area contributed by atoms with Gasteiger partial charge >= 0.3 is 0 Å². The first-order valence-electron chi connectivity index (χ1n) is 8.22. The zero-order valence-corrected chi connectivity index (χ0v) is 14.6. The van der Waals surface area contributed by atoms with Crippen LogP contribution in [0.1, 0.15) is 16.2 Å². The Bertz CT molecular complexity index is 907. The minimum atomic E-state index is -0.352. The molecule has 8 nitrogen and oxygen atoms in total. The van der Waals surface area contributed by atoms with Crippen LogP contribution in [-0.4, -0.2) is 35.6 Å². The first kappa shape index (κ1) is 18.1. The summed E-state index contributed by atoms with van der Waals surface area (Å²) in [6.45, 7) is -0.0450. The second kappa shape index (κ2) is 8.61. The second-order valence-electron chi connectivity index (χ2n) is 5.57. The van der Waals surface area contributed by atoms with Crippen molar-refractivity contribution in [2.75, 3.05) is 13.7 Å². The van der Waals surface area contributed by atoms with Crippen molar-refractivity contribution in [3.8, 4) is 17.2 Å². The average molecular weight is 366 g/mol. The summed E-state index contributed by atoms with van der Waals surface area (Å²) in [7, 11) is 1.59. The van der Waals surface area contributed by atoms with Crippen LogP contribution in [0.15, 0.2) is 59.1 Å². The van der Waals surface area contributed by atoms with E-state index in [-0.39, 0.29) is 24.9 Å². The molecule has 0 radical (unpaired) electrons. The molecule has 0 aliphatic rings. The van der Waals surface area contributed by atoms with Crippen LogP contribution < -0.4 is 15.4 Å². The fourth-order valence-corrected chi connectivity index (χ4v) is 2.27. The zero-order valence-electron chi connectivity index (χ0n) is 14.6. The Morgan fingerprint density at radius 1 is 1.04 bits per heavy atom. The van der Waals surface area contributed by atoms with Crippen molar-refractivity contribution in [2.45, 2.75) is 6.54 Å². The summed E-state index contributed by atoms with van der Waals surface area (Å²) < 4.78 is 10.3. The van der Waals surface area contributed by atoms with E-state index in [1.807, 2.05) is 6.07 Å². The molecule has 0 fully saturated rings. The molecule has 0 unspecified atom stereocenters. The van der Waals surface area contributed by atoms with Gasteiger partial charge in [-0.1, -0.05) is 23.4 Å². The van der Waals surface area contributed by atoms with Crippen molar-refractivity contribution in [3.05, 3.63) is 66.0 Å². The molecular weight excluding hydrogens is 348 g/mol. The van der Waals surface area contributed by atoms with E-state index in [9.17, 15) is 9.59 Å². The third kappa shape index (κ3) is 4.91. The van der Waals surface area contributed by atoms with Crippen molar-refractivity contribution in [2.24, 2.45) is 0 Å². The van der Waals surface area contributed by atoms with Gasteiger partial charge in [0.2, 0.25) is 5.91 Å². The first-order valence-corrected chi connectivity index (χ1v) is 8.22. The van der Waals surface area contributed by atoms with Crippen molar-refractivity contribution >= 4 is 11.8 Å². The van der Waals surface area contributed by atoms with Crippen LogP contribution in [0, 0.1) is 0 Å². The molecule has 0 aliphatic carbocycles. The highest BCUT2D eigenvalue weighted by Gasteiger charge is 2.11. The highest BCUT2D eigenvalue weighted by molar-refractivity contribution is 5.96. The van der Waals surface area contributed by atoms with E-state index in [1.54, 1.807) is 55.6 Å². The van der Waals surface area contributed by atoms with Gasteiger partial charge in [0, 0.05) is 11.1 Å². The molecule has 0 saturated heterocycles. The highest BCUT2D eigenvalue weighted by Crippen LogP contribution is 2.20. The van der Waals surface area contributed by atoms with Gasteiger partial charge in [0.05, 0.1) is 20.2 Å². The Morgan fingerprint density at radius 2 is 1.78 bits per heavy atom. The topological polar surface area (TPSA) is 106 Å². The number of nitrogens with one attached hydrogen (secondary N) is 2. The van der Waals surface area contributed by atoms with Crippen LogP contribution in [0.4, 0.5) is 0 Å². The molecule has 27 heavy (non-hydrogen) atoms. The molecule has 0 atom stereocenters. The van der Waals surface area contributed by atoms with Crippen LogP contribution in [0.25, 0.3) is 11.5 Å². The molecule has 1 aromatic heterocycles. The lowest BCUT2D eigenvalue weighted by atomic mass is 10.2. The van der Waals surface area contributed by atoms with Crippen molar-refractivity contribution in [1.82, 2.24) is 20.8 Å². The Balaban J connectivity index is 1.48. The van der Waals surface area contributed by atoms with E-state index in [0.717, 1.165) is 11.3 Å². The lowest BCUT2D eigenvalue weighted by Gasteiger charge is -2.05. The molecule has 3 aromatic rings. The molecule has 138 valence electrons. The maximum absolute atomic E-state index is 11.9. The number of methoxy groups -OCH3 is 1. The zero-order chi connectivity index (χ0) is 19.1. The number of aromatic nitrogens is 2. The number of hydrogen-bond donors (Lipinski definition) is 2. The minimum absolute atomic E-state index is 0.0969. The van der Waals surface area contributed by atoms with E-state index in [0.29, 0.717) is 17.3 Å². The fraction of sp³-hybridized carbons (Fsp3) is 0.158. The Hall–Kier alpha value is -3.68. The molecule has 2 amide bonds. The van der Waals surface area contributed by atoms with Crippen LogP contribution >= 0.6 is 0 Å². The average Bonchev–Trinajstić information content (AvgIpc) is 3.20. The second-order valence-corrected chi connectivity index (χ2v) is 5.57. The standard InChI is InChI=1S/C19H18N4O4/c1-26-15-9-7-14(8-10-15)19-22-16(23-27-19)11-20-17(24)12-21-18(25)13-5-3-2-4-6-13/h2-10H,11-12H2,1H3,(H,20,24)(H,21,25). The highest BCUT2D eigenvalue weighted by atomic mass is 16.5. The maximum Gasteiger partial charge on any atom is 0.257 e. The first-order chi connectivity index (χ1) is 13.2. The van der Waals surface area contributed by atoms with E-state index in [1.165, 1.54) is 0 Å². The van der Waals surface area contributed by atoms with Gasteiger partial charge in [-0.2, -0.15) is 4.98 Å². The monoisotopic (exact) mass is 366 g/mol. The minimum Gasteiger partial charge on any atom is -0.497 e. The van der Waals surface area contributed by atoms with E-state index >= 15 is 0 Å². The van der Waals surface area contributed by atoms with Gasteiger partial charge in [0.15, 0.2) is 5.82 Å². The van der Waals surface area contributed by atoms with Gasteiger partial charge in [0.25, 0.3) is 11.8 Å². The number of rotatable bonds is 7. The predicted molar refractivity (Wildman–Crippen MR) is 96.9 cm³/mol. The third-order valence-corrected chi connectivity index (χ3v) is 3.69. The largest absolute Gasteiger partial charge is 0.497 e. The number of nitrogens with zero attached hydrogens (tertiary/aromatic N) is 2. The quantitative estimate of drug-likeness (QED) is 0.660. The van der Waals surface area contributed by atoms with Crippen LogP contribution in [-0.2, 0) is 11.3 Å². The van der Waals surface area contributed by atoms with Crippen molar-refractivity contribution < 1.29 is 18.8 Å². The van der Waals surface area contributed by atoms with Gasteiger partial charge < -0.3 is 19.9 Å². The number of amides is 2. The molecule has 8 heteroatoms. The number of carbonyl (C=O) groups excluding carboxylic acids is 2. The lowest BCUT2D eigenvalue weighted by molar-refractivity contribution is -0.120. The van der Waals surface area contributed by atoms with Gasteiger partial charge in [-0.3, -0.25) is 9.59 Å². The molecule has 0 spiro atoms. The van der Waals surface area contributed by atoms with Gasteiger partial charge in [-0.05, 0) is 36.4 Å². The normalized spacial score (nSPS) is 10.3. The molecule has 0 bridgehead atoms. The molecule has 0 saturated carbocycles. The number of ether oxygens (including phenoxy) is 1.